The predicted molar refractivity (Wildman–Crippen MR) is 98.1 cm³/mol. The highest BCUT2D eigenvalue weighted by molar-refractivity contribution is 6.36. The van der Waals surface area contributed by atoms with Crippen molar-refractivity contribution in [1.82, 2.24) is 0 Å². The first-order chi connectivity index (χ1) is 12.2. The van der Waals surface area contributed by atoms with Crippen LogP contribution in [0.4, 0.5) is 11.4 Å². The Kier molecular flexibility index (Phi) is 6.42. The second-order valence-electron chi connectivity index (χ2n) is 5.08. The monoisotopic (exact) mass is 416 g/mol. The summed E-state index contributed by atoms with van der Waals surface area (Å²) in [6, 6.07) is 7.92. The molecule has 26 heavy (non-hydrogen) atoms. The molecule has 1 N–H and O–H groups in total. The van der Waals surface area contributed by atoms with E-state index in [2.05, 4.69) is 5.32 Å². The third-order valence-electron chi connectivity index (χ3n) is 3.22. The summed E-state index contributed by atoms with van der Waals surface area (Å²) in [6.45, 7) is 1.35. The Hall–Kier alpha value is -2.35. The maximum atomic E-state index is 12.1. The molecule has 0 aliphatic rings. The highest BCUT2D eigenvalue weighted by Crippen LogP contribution is 2.27. The average Bonchev–Trinajstić information content (AvgIpc) is 2.57. The average molecular weight is 418 g/mol. The molecule has 0 saturated carbocycles. The number of nitrogens with zero attached hydrogens (tertiary/aromatic N) is 1. The number of nitro benzene ring substituents is 1. The molecule has 0 heterocycles. The van der Waals surface area contributed by atoms with E-state index >= 15 is 0 Å². The fourth-order valence-electron chi connectivity index (χ4n) is 1.89. The van der Waals surface area contributed by atoms with Crippen molar-refractivity contribution in [1.29, 1.82) is 0 Å². The van der Waals surface area contributed by atoms with Crippen molar-refractivity contribution in [3.63, 3.8) is 0 Å². The summed E-state index contributed by atoms with van der Waals surface area (Å²) >= 11 is 17.4. The second-order valence-corrected chi connectivity index (χ2v) is 6.34. The Balaban J connectivity index is 2.07. The molecule has 1 unspecified atom stereocenters. The molecule has 0 aromatic heterocycles. The van der Waals surface area contributed by atoms with E-state index in [0.29, 0.717) is 10.7 Å². The number of halogens is 3. The lowest BCUT2D eigenvalue weighted by Crippen LogP contribution is -2.30. The largest absolute Gasteiger partial charge is 0.449 e. The van der Waals surface area contributed by atoms with Gasteiger partial charge in [0, 0.05) is 11.1 Å². The normalized spacial score (nSPS) is 11.5. The number of amides is 1. The molecule has 0 saturated heterocycles. The number of hydrogen-bond donors (Lipinski definition) is 1. The summed E-state index contributed by atoms with van der Waals surface area (Å²) in [5, 5.41) is 13.9. The molecule has 10 heteroatoms. The van der Waals surface area contributed by atoms with E-state index in [1.807, 2.05) is 0 Å². The molecule has 1 atom stereocenters. The van der Waals surface area contributed by atoms with Crippen LogP contribution in [0.3, 0.4) is 0 Å². The Morgan fingerprint density at radius 2 is 1.81 bits per heavy atom. The van der Waals surface area contributed by atoms with Crippen molar-refractivity contribution in [2.24, 2.45) is 0 Å². The van der Waals surface area contributed by atoms with E-state index in [0.717, 1.165) is 6.07 Å². The molecule has 0 spiro atoms. The van der Waals surface area contributed by atoms with Crippen molar-refractivity contribution in [3.05, 3.63) is 67.1 Å². The van der Waals surface area contributed by atoms with Crippen molar-refractivity contribution in [2.75, 3.05) is 5.32 Å². The van der Waals surface area contributed by atoms with E-state index in [1.165, 1.54) is 37.3 Å². The SMILES string of the molecule is CC(OC(=O)c1ccc(Cl)c([N+](=O)[O-])c1)C(=O)Nc1ccc(Cl)cc1Cl. The summed E-state index contributed by atoms with van der Waals surface area (Å²) in [6.07, 6.45) is -1.18. The number of rotatable bonds is 5. The second kappa shape index (κ2) is 8.35. The fraction of sp³-hybridized carbons (Fsp3) is 0.125. The number of nitro groups is 1. The lowest BCUT2D eigenvalue weighted by molar-refractivity contribution is -0.384. The van der Waals surface area contributed by atoms with Crippen LogP contribution in [0.25, 0.3) is 0 Å². The van der Waals surface area contributed by atoms with Crippen LogP contribution in [-0.2, 0) is 9.53 Å². The first-order valence-corrected chi connectivity index (χ1v) is 8.23. The van der Waals surface area contributed by atoms with Crippen molar-refractivity contribution in [2.45, 2.75) is 13.0 Å². The maximum absolute atomic E-state index is 12.1. The zero-order chi connectivity index (χ0) is 19.4. The summed E-state index contributed by atoms with van der Waals surface area (Å²) in [5.41, 5.74) is -0.248. The molecule has 136 valence electrons. The Bertz CT molecular complexity index is 888. The quantitative estimate of drug-likeness (QED) is 0.430. The molecule has 0 fully saturated rings. The van der Waals surface area contributed by atoms with Gasteiger partial charge in [0.25, 0.3) is 11.6 Å². The van der Waals surface area contributed by atoms with Gasteiger partial charge in [0.1, 0.15) is 5.02 Å². The van der Waals surface area contributed by atoms with Crippen molar-refractivity contribution in [3.8, 4) is 0 Å². The minimum absolute atomic E-state index is 0.106. The van der Waals surface area contributed by atoms with Crippen LogP contribution in [0.5, 0.6) is 0 Å². The maximum Gasteiger partial charge on any atom is 0.339 e. The van der Waals surface area contributed by atoms with E-state index < -0.39 is 28.6 Å². The van der Waals surface area contributed by atoms with Gasteiger partial charge in [-0.25, -0.2) is 4.79 Å². The first kappa shape index (κ1) is 20.0. The molecule has 0 aliphatic heterocycles. The predicted octanol–water partition coefficient (Wildman–Crippen LogP) is 4.74. The third kappa shape index (κ3) is 4.85. The Morgan fingerprint density at radius 1 is 1.12 bits per heavy atom. The summed E-state index contributed by atoms with van der Waals surface area (Å²) in [5.74, 6) is -1.54. The molecule has 1 amide bonds. The zero-order valence-electron chi connectivity index (χ0n) is 13.2. The number of benzene rings is 2. The van der Waals surface area contributed by atoms with Gasteiger partial charge in [0.15, 0.2) is 6.10 Å². The molecule has 0 bridgehead atoms. The van der Waals surface area contributed by atoms with Gasteiger partial charge in [-0.3, -0.25) is 14.9 Å². The van der Waals surface area contributed by atoms with Crippen LogP contribution in [-0.4, -0.2) is 22.9 Å². The van der Waals surface area contributed by atoms with E-state index in [1.54, 1.807) is 0 Å². The van der Waals surface area contributed by atoms with Crippen LogP contribution >= 0.6 is 34.8 Å². The van der Waals surface area contributed by atoms with Gasteiger partial charge < -0.3 is 10.1 Å². The number of anilines is 1. The van der Waals surface area contributed by atoms with Gasteiger partial charge in [-0.2, -0.15) is 0 Å². The molecule has 2 aromatic carbocycles. The van der Waals surface area contributed by atoms with E-state index in [4.69, 9.17) is 39.5 Å². The highest BCUT2D eigenvalue weighted by atomic mass is 35.5. The third-order valence-corrected chi connectivity index (χ3v) is 4.09. The Morgan fingerprint density at radius 3 is 2.42 bits per heavy atom. The Labute approximate surface area is 162 Å². The minimum Gasteiger partial charge on any atom is -0.449 e. The summed E-state index contributed by atoms with van der Waals surface area (Å²) in [4.78, 5) is 34.4. The number of hydrogen-bond acceptors (Lipinski definition) is 5. The van der Waals surface area contributed by atoms with Gasteiger partial charge in [-0.05, 0) is 37.3 Å². The minimum atomic E-state index is -1.18. The molecule has 7 nitrogen and oxygen atoms in total. The van der Waals surface area contributed by atoms with Crippen LogP contribution < -0.4 is 5.32 Å². The molecule has 2 aromatic rings. The van der Waals surface area contributed by atoms with Gasteiger partial charge >= 0.3 is 5.97 Å². The molecule has 0 radical (unpaired) electrons. The number of carbonyl (C=O) groups excluding carboxylic acids is 2. The molecule has 0 aliphatic carbocycles. The molecular weight excluding hydrogens is 407 g/mol. The van der Waals surface area contributed by atoms with Crippen molar-refractivity contribution < 1.29 is 19.2 Å². The number of carbonyl (C=O) groups is 2. The molecule has 2 rings (SSSR count). The van der Waals surface area contributed by atoms with Gasteiger partial charge in [-0.1, -0.05) is 34.8 Å². The van der Waals surface area contributed by atoms with Crippen LogP contribution in [0.15, 0.2) is 36.4 Å². The lowest BCUT2D eigenvalue weighted by Gasteiger charge is -2.14. The van der Waals surface area contributed by atoms with E-state index in [9.17, 15) is 19.7 Å². The summed E-state index contributed by atoms with van der Waals surface area (Å²) in [7, 11) is 0. The van der Waals surface area contributed by atoms with E-state index in [-0.39, 0.29) is 15.6 Å². The van der Waals surface area contributed by atoms with Gasteiger partial charge in [0.05, 0.1) is 21.2 Å². The van der Waals surface area contributed by atoms with Crippen molar-refractivity contribution >= 4 is 58.1 Å². The molecular formula is C16H11Cl3N2O5. The highest BCUT2D eigenvalue weighted by Gasteiger charge is 2.22. The van der Waals surface area contributed by atoms with Gasteiger partial charge in [0.2, 0.25) is 0 Å². The smallest absolute Gasteiger partial charge is 0.339 e. The fourth-order valence-corrected chi connectivity index (χ4v) is 2.53. The number of esters is 1. The zero-order valence-corrected chi connectivity index (χ0v) is 15.4. The standard InChI is InChI=1S/C16H11Cl3N2O5/c1-8(15(22)20-13-5-3-10(17)7-12(13)19)26-16(23)9-2-4-11(18)14(6-9)21(24)25/h2-8H,1H3,(H,20,22). The van der Waals surface area contributed by atoms with Gasteiger partial charge in [-0.15, -0.1) is 0 Å². The topological polar surface area (TPSA) is 98.5 Å². The number of nitrogens with one attached hydrogen (secondary N) is 1. The number of ether oxygens (including phenoxy) is 1. The van der Waals surface area contributed by atoms with Crippen LogP contribution in [0.2, 0.25) is 15.1 Å². The van der Waals surface area contributed by atoms with Crippen LogP contribution in [0.1, 0.15) is 17.3 Å². The first-order valence-electron chi connectivity index (χ1n) is 7.10. The van der Waals surface area contributed by atoms with Crippen LogP contribution in [0, 0.1) is 10.1 Å². The lowest BCUT2D eigenvalue weighted by atomic mass is 10.2. The summed E-state index contributed by atoms with van der Waals surface area (Å²) < 4.78 is 5.02.